The van der Waals surface area contributed by atoms with Gasteiger partial charge in [0.2, 0.25) is 0 Å². The second kappa shape index (κ2) is 9.20. The monoisotopic (exact) mass is 500 g/mol. The third kappa shape index (κ3) is 5.79. The van der Waals surface area contributed by atoms with Crippen LogP contribution in [0, 0.1) is 0 Å². The molecule has 2 heterocycles. The second-order valence-electron chi connectivity index (χ2n) is 12.4. The van der Waals surface area contributed by atoms with Crippen molar-refractivity contribution in [2.24, 2.45) is 0 Å². The molecule has 0 saturated carbocycles. The number of aliphatic hydroxyl groups is 1. The van der Waals surface area contributed by atoms with E-state index in [-0.39, 0.29) is 16.7 Å². The molecular weight excluding hydrogens is 456 g/mol. The first-order chi connectivity index (χ1) is 14.7. The van der Waals surface area contributed by atoms with Crippen LogP contribution in [0.5, 0.6) is 0 Å². The Kier molecular flexibility index (Phi) is 7.86. The lowest BCUT2D eigenvalue weighted by Gasteiger charge is -2.46. The smallest absolute Gasteiger partial charge is 0.330 e. The summed E-state index contributed by atoms with van der Waals surface area (Å²) < 4.78 is 21.2. The van der Waals surface area contributed by atoms with E-state index >= 15 is 0 Å². The normalized spacial score (nSPS) is 25.9. The number of nitrogens with one attached hydrogen (secondary N) is 1. The fourth-order valence-corrected chi connectivity index (χ4v) is 5.77. The standard InChI is InChI=1S/C23H44N2O6Si2/c1-16(26)23(15-29-32(8,9)21(2,3)4)17(31-33(10,11)22(5,6)7)14-19(30-23)25-13-12-18(27)24-20(25)28/h12-13,16-17,19,26H,14-15H2,1-11H3,(H,24,27,28)/t16?,17?,19-,23+/m1/s1. The van der Waals surface area contributed by atoms with Crippen LogP contribution in [-0.2, 0) is 13.6 Å². The maximum absolute atomic E-state index is 12.5. The van der Waals surface area contributed by atoms with Crippen molar-refractivity contribution in [2.45, 2.75) is 115 Å². The topological polar surface area (TPSA) is 103 Å². The average molecular weight is 501 g/mol. The van der Waals surface area contributed by atoms with E-state index in [0.717, 1.165) is 0 Å². The van der Waals surface area contributed by atoms with Gasteiger partial charge in [0.25, 0.3) is 5.56 Å². The number of nitrogens with zero attached hydrogens (tertiary/aromatic N) is 1. The predicted molar refractivity (Wildman–Crippen MR) is 136 cm³/mol. The van der Waals surface area contributed by atoms with Gasteiger partial charge in [-0.25, -0.2) is 4.79 Å². The number of aliphatic hydroxyl groups excluding tert-OH is 1. The summed E-state index contributed by atoms with van der Waals surface area (Å²) in [7, 11) is -4.41. The van der Waals surface area contributed by atoms with Crippen molar-refractivity contribution in [3.8, 4) is 0 Å². The van der Waals surface area contributed by atoms with Crippen LogP contribution in [0.15, 0.2) is 21.9 Å². The lowest BCUT2D eigenvalue weighted by molar-refractivity contribution is -0.173. The molecule has 4 atom stereocenters. The van der Waals surface area contributed by atoms with Crippen LogP contribution in [0.25, 0.3) is 0 Å². The fourth-order valence-electron chi connectivity index (χ4n) is 3.39. The number of hydrogen-bond acceptors (Lipinski definition) is 6. The van der Waals surface area contributed by atoms with Crippen molar-refractivity contribution in [3.63, 3.8) is 0 Å². The molecule has 0 bridgehead atoms. The highest BCUT2D eigenvalue weighted by molar-refractivity contribution is 6.74. The molecule has 2 N–H and O–H groups in total. The molecule has 1 aromatic heterocycles. The first kappa shape index (κ1) is 28.2. The minimum absolute atomic E-state index is 0.0173. The van der Waals surface area contributed by atoms with Crippen LogP contribution >= 0.6 is 0 Å². The Hall–Kier alpha value is -1.05. The van der Waals surface area contributed by atoms with E-state index in [4.69, 9.17) is 13.6 Å². The quantitative estimate of drug-likeness (QED) is 0.549. The van der Waals surface area contributed by atoms with Crippen molar-refractivity contribution in [1.82, 2.24) is 9.55 Å². The van der Waals surface area contributed by atoms with Gasteiger partial charge in [-0.05, 0) is 43.2 Å². The lowest BCUT2D eigenvalue weighted by Crippen LogP contribution is -2.59. The Morgan fingerprint density at radius 2 is 1.70 bits per heavy atom. The molecule has 33 heavy (non-hydrogen) atoms. The van der Waals surface area contributed by atoms with Gasteiger partial charge in [-0.3, -0.25) is 14.3 Å². The van der Waals surface area contributed by atoms with E-state index in [1.807, 2.05) is 0 Å². The highest BCUT2D eigenvalue weighted by atomic mass is 28.4. The van der Waals surface area contributed by atoms with Gasteiger partial charge in [0.15, 0.2) is 16.6 Å². The molecule has 8 nitrogen and oxygen atoms in total. The maximum Gasteiger partial charge on any atom is 0.330 e. The Bertz CT molecular complexity index is 942. The Morgan fingerprint density at radius 1 is 1.15 bits per heavy atom. The first-order valence-corrected chi connectivity index (χ1v) is 17.5. The van der Waals surface area contributed by atoms with E-state index in [1.165, 1.54) is 16.8 Å². The predicted octanol–water partition coefficient (Wildman–Crippen LogP) is 3.99. The average Bonchev–Trinajstić information content (AvgIpc) is 2.97. The minimum Gasteiger partial charge on any atom is -0.414 e. The summed E-state index contributed by atoms with van der Waals surface area (Å²) in [5.74, 6) is 0. The third-order valence-corrected chi connectivity index (χ3v) is 16.9. The zero-order valence-electron chi connectivity index (χ0n) is 22.2. The van der Waals surface area contributed by atoms with Crippen molar-refractivity contribution >= 4 is 16.6 Å². The van der Waals surface area contributed by atoms with Crippen LogP contribution in [0.4, 0.5) is 0 Å². The molecular formula is C23H44N2O6Si2. The second-order valence-corrected chi connectivity index (χ2v) is 21.9. The summed E-state index contributed by atoms with van der Waals surface area (Å²) in [5, 5.41) is 11.0. The van der Waals surface area contributed by atoms with Crippen LogP contribution < -0.4 is 11.2 Å². The highest BCUT2D eigenvalue weighted by Crippen LogP contribution is 2.47. The molecule has 0 spiro atoms. The van der Waals surface area contributed by atoms with E-state index in [1.54, 1.807) is 6.92 Å². The van der Waals surface area contributed by atoms with E-state index < -0.39 is 51.9 Å². The number of rotatable bonds is 7. The summed E-state index contributed by atoms with van der Waals surface area (Å²) in [5.41, 5.74) is -2.16. The van der Waals surface area contributed by atoms with Crippen LogP contribution in [0.1, 0.15) is 61.1 Å². The van der Waals surface area contributed by atoms with E-state index in [2.05, 4.69) is 72.7 Å². The summed E-state index contributed by atoms with van der Waals surface area (Å²) in [4.78, 5) is 26.4. The number of hydrogen-bond donors (Lipinski definition) is 2. The summed E-state index contributed by atoms with van der Waals surface area (Å²) in [6.45, 7) is 23.5. The largest absolute Gasteiger partial charge is 0.414 e. The summed E-state index contributed by atoms with van der Waals surface area (Å²) in [6, 6.07) is 1.29. The zero-order chi connectivity index (χ0) is 25.6. The number of ether oxygens (including phenoxy) is 1. The zero-order valence-corrected chi connectivity index (χ0v) is 24.2. The first-order valence-electron chi connectivity index (χ1n) is 11.7. The minimum atomic E-state index is -2.25. The molecule has 10 heteroatoms. The molecule has 1 fully saturated rings. The van der Waals surface area contributed by atoms with E-state index in [9.17, 15) is 14.7 Å². The van der Waals surface area contributed by atoms with Crippen LogP contribution in [0.3, 0.4) is 0 Å². The molecule has 1 saturated heterocycles. The molecule has 2 rings (SSSR count). The van der Waals surface area contributed by atoms with Crippen LogP contribution in [-0.4, -0.2) is 55.7 Å². The van der Waals surface area contributed by atoms with Gasteiger partial charge in [-0.1, -0.05) is 41.5 Å². The Morgan fingerprint density at radius 3 is 2.15 bits per heavy atom. The maximum atomic E-state index is 12.5. The number of aromatic nitrogens is 2. The summed E-state index contributed by atoms with van der Waals surface area (Å²) >= 11 is 0. The van der Waals surface area contributed by atoms with Gasteiger partial charge < -0.3 is 18.7 Å². The van der Waals surface area contributed by atoms with Crippen molar-refractivity contribution in [1.29, 1.82) is 0 Å². The highest BCUT2D eigenvalue weighted by Gasteiger charge is 2.57. The Labute approximate surface area is 199 Å². The SMILES string of the molecule is CC(O)[C@]1(CO[Si](C)(C)C(C)(C)C)O[C@@H](n2ccc(=O)[nH]c2=O)CC1O[Si](C)(C)C(C)(C)C. The fraction of sp³-hybridized carbons (Fsp3) is 0.826. The van der Waals surface area contributed by atoms with Crippen molar-refractivity contribution in [3.05, 3.63) is 33.1 Å². The van der Waals surface area contributed by atoms with Gasteiger partial charge in [-0.15, -0.1) is 0 Å². The van der Waals surface area contributed by atoms with E-state index in [0.29, 0.717) is 6.42 Å². The van der Waals surface area contributed by atoms with Crippen molar-refractivity contribution in [2.75, 3.05) is 6.61 Å². The van der Waals surface area contributed by atoms with Gasteiger partial charge >= 0.3 is 5.69 Å². The van der Waals surface area contributed by atoms with Gasteiger partial charge in [0.05, 0.1) is 18.8 Å². The molecule has 2 unspecified atom stereocenters. The van der Waals surface area contributed by atoms with Crippen LogP contribution in [0.2, 0.25) is 36.3 Å². The van der Waals surface area contributed by atoms with Gasteiger partial charge in [0.1, 0.15) is 11.8 Å². The lowest BCUT2D eigenvalue weighted by atomic mass is 9.92. The number of aromatic amines is 1. The third-order valence-electron chi connectivity index (χ3n) is 7.89. The molecule has 190 valence electrons. The van der Waals surface area contributed by atoms with Gasteiger partial charge in [-0.2, -0.15) is 0 Å². The summed E-state index contributed by atoms with van der Waals surface area (Å²) in [6.07, 6.45) is -0.277. The van der Waals surface area contributed by atoms with Gasteiger partial charge in [0, 0.05) is 18.7 Å². The van der Waals surface area contributed by atoms with Crippen molar-refractivity contribution < 1.29 is 18.7 Å². The molecule has 0 amide bonds. The molecule has 1 aliphatic rings. The molecule has 1 aliphatic heterocycles. The molecule has 0 aromatic carbocycles. The number of H-pyrrole nitrogens is 1. The molecule has 0 radical (unpaired) electrons. The molecule has 1 aromatic rings. The molecule has 0 aliphatic carbocycles. The Balaban J connectivity index is 2.52.